The second-order valence-electron chi connectivity index (χ2n) is 4.65. The third kappa shape index (κ3) is 1.35. The van der Waals surface area contributed by atoms with Crippen molar-refractivity contribution >= 4 is 11.5 Å². The van der Waals surface area contributed by atoms with Crippen LogP contribution in [0.4, 0.5) is 11.5 Å². The number of aryl methyl sites for hydroxylation is 1. The molecule has 2 heterocycles. The predicted octanol–water partition coefficient (Wildman–Crippen LogP) is 1.38. The second kappa shape index (κ2) is 2.90. The van der Waals surface area contributed by atoms with E-state index >= 15 is 0 Å². The van der Waals surface area contributed by atoms with Crippen molar-refractivity contribution in [1.82, 2.24) is 9.78 Å². The highest BCUT2D eigenvalue weighted by Crippen LogP contribution is 2.35. The van der Waals surface area contributed by atoms with E-state index in [-0.39, 0.29) is 5.54 Å². The standard InChI is InChI=1S/C10H18N4/c1-10(2)5-4-6-14(10)9-8(11)7-13(3)12-9/h7H,4-6,11H2,1-3H3. The Kier molecular flexibility index (Phi) is 1.94. The molecule has 4 nitrogen and oxygen atoms in total. The molecule has 78 valence electrons. The molecule has 2 N–H and O–H groups in total. The van der Waals surface area contributed by atoms with Crippen LogP contribution in [0.15, 0.2) is 6.20 Å². The minimum Gasteiger partial charge on any atom is -0.394 e. The number of nitrogen functional groups attached to an aromatic ring is 1. The highest BCUT2D eigenvalue weighted by Gasteiger charge is 2.34. The van der Waals surface area contributed by atoms with Crippen LogP contribution in [0.2, 0.25) is 0 Å². The van der Waals surface area contributed by atoms with Crippen LogP contribution >= 0.6 is 0 Å². The number of hydrogen-bond acceptors (Lipinski definition) is 3. The zero-order chi connectivity index (χ0) is 10.3. The van der Waals surface area contributed by atoms with E-state index in [1.54, 1.807) is 4.68 Å². The molecule has 0 bridgehead atoms. The molecule has 0 saturated carbocycles. The summed E-state index contributed by atoms with van der Waals surface area (Å²) in [6.45, 7) is 5.55. The molecular weight excluding hydrogens is 176 g/mol. The molecule has 0 unspecified atom stereocenters. The fourth-order valence-electron chi connectivity index (χ4n) is 2.20. The lowest BCUT2D eigenvalue weighted by Gasteiger charge is -2.31. The normalized spacial score (nSPS) is 20.4. The predicted molar refractivity (Wildman–Crippen MR) is 58.3 cm³/mol. The molecule has 1 aromatic rings. The lowest BCUT2D eigenvalue weighted by atomic mass is 10.0. The fraction of sp³-hybridized carbons (Fsp3) is 0.700. The maximum atomic E-state index is 5.92. The maximum Gasteiger partial charge on any atom is 0.174 e. The quantitative estimate of drug-likeness (QED) is 0.734. The molecule has 14 heavy (non-hydrogen) atoms. The third-order valence-corrected chi connectivity index (χ3v) is 2.99. The van der Waals surface area contributed by atoms with E-state index in [4.69, 9.17) is 5.73 Å². The number of aromatic nitrogens is 2. The third-order valence-electron chi connectivity index (χ3n) is 2.99. The number of anilines is 2. The number of hydrogen-bond donors (Lipinski definition) is 1. The maximum absolute atomic E-state index is 5.92. The van der Waals surface area contributed by atoms with Gasteiger partial charge in [-0.25, -0.2) is 0 Å². The summed E-state index contributed by atoms with van der Waals surface area (Å²) >= 11 is 0. The second-order valence-corrected chi connectivity index (χ2v) is 4.65. The Morgan fingerprint density at radius 3 is 2.64 bits per heavy atom. The highest BCUT2D eigenvalue weighted by atomic mass is 15.4. The number of nitrogens with two attached hydrogens (primary N) is 1. The van der Waals surface area contributed by atoms with Gasteiger partial charge in [0.15, 0.2) is 5.82 Å². The number of rotatable bonds is 1. The van der Waals surface area contributed by atoms with Crippen LogP contribution < -0.4 is 10.6 Å². The fourth-order valence-corrected chi connectivity index (χ4v) is 2.20. The Morgan fingerprint density at radius 1 is 1.50 bits per heavy atom. The topological polar surface area (TPSA) is 47.1 Å². The molecule has 1 saturated heterocycles. The van der Waals surface area contributed by atoms with Gasteiger partial charge in [0, 0.05) is 25.3 Å². The molecule has 0 aromatic carbocycles. The molecule has 1 aromatic heterocycles. The zero-order valence-corrected chi connectivity index (χ0v) is 9.12. The van der Waals surface area contributed by atoms with E-state index in [1.807, 2.05) is 13.2 Å². The van der Waals surface area contributed by atoms with Crippen molar-refractivity contribution < 1.29 is 0 Å². The van der Waals surface area contributed by atoms with Gasteiger partial charge in [-0.1, -0.05) is 0 Å². The summed E-state index contributed by atoms with van der Waals surface area (Å²) in [5, 5.41) is 4.41. The van der Waals surface area contributed by atoms with Gasteiger partial charge in [0.05, 0.1) is 5.69 Å². The van der Waals surface area contributed by atoms with Crippen molar-refractivity contribution in [2.75, 3.05) is 17.2 Å². The summed E-state index contributed by atoms with van der Waals surface area (Å²) in [5.74, 6) is 0.940. The van der Waals surface area contributed by atoms with Crippen molar-refractivity contribution in [3.05, 3.63) is 6.20 Å². The first kappa shape index (κ1) is 9.37. The largest absolute Gasteiger partial charge is 0.394 e. The van der Waals surface area contributed by atoms with Gasteiger partial charge in [-0.2, -0.15) is 5.10 Å². The summed E-state index contributed by atoms with van der Waals surface area (Å²) in [7, 11) is 1.91. The van der Waals surface area contributed by atoms with Crippen molar-refractivity contribution in [2.45, 2.75) is 32.2 Å². The first-order valence-corrected chi connectivity index (χ1v) is 5.07. The first-order chi connectivity index (χ1) is 6.50. The van der Waals surface area contributed by atoms with Gasteiger partial charge < -0.3 is 10.6 Å². The summed E-state index contributed by atoms with van der Waals surface area (Å²) in [5.41, 5.74) is 6.89. The molecule has 0 radical (unpaired) electrons. The van der Waals surface area contributed by atoms with Crippen LogP contribution in [0.25, 0.3) is 0 Å². The van der Waals surface area contributed by atoms with E-state index in [0.717, 1.165) is 18.1 Å². The van der Waals surface area contributed by atoms with Gasteiger partial charge in [-0.3, -0.25) is 4.68 Å². The minimum atomic E-state index is 0.197. The molecule has 1 aliphatic heterocycles. The Hall–Kier alpha value is -1.19. The summed E-state index contributed by atoms with van der Waals surface area (Å²) < 4.78 is 1.78. The molecule has 0 atom stereocenters. The van der Waals surface area contributed by atoms with E-state index in [9.17, 15) is 0 Å². The lowest BCUT2D eigenvalue weighted by molar-refractivity contribution is 0.512. The lowest BCUT2D eigenvalue weighted by Crippen LogP contribution is -2.38. The monoisotopic (exact) mass is 194 g/mol. The molecule has 1 aliphatic rings. The first-order valence-electron chi connectivity index (χ1n) is 5.07. The molecule has 2 rings (SSSR count). The average molecular weight is 194 g/mol. The van der Waals surface area contributed by atoms with Crippen molar-refractivity contribution in [1.29, 1.82) is 0 Å². The molecule has 4 heteroatoms. The minimum absolute atomic E-state index is 0.197. The van der Waals surface area contributed by atoms with Crippen LogP contribution in [-0.4, -0.2) is 21.9 Å². The Labute approximate surface area is 84.7 Å². The average Bonchev–Trinajstić information content (AvgIpc) is 2.54. The SMILES string of the molecule is Cn1cc(N)c(N2CCCC2(C)C)n1. The van der Waals surface area contributed by atoms with E-state index in [2.05, 4.69) is 23.8 Å². The molecule has 0 spiro atoms. The van der Waals surface area contributed by atoms with Gasteiger partial charge in [-0.05, 0) is 26.7 Å². The molecule has 0 amide bonds. The van der Waals surface area contributed by atoms with Gasteiger partial charge >= 0.3 is 0 Å². The van der Waals surface area contributed by atoms with E-state index in [1.165, 1.54) is 12.8 Å². The Balaban J connectivity index is 2.35. The highest BCUT2D eigenvalue weighted by molar-refractivity contribution is 5.63. The van der Waals surface area contributed by atoms with Crippen LogP contribution in [0.5, 0.6) is 0 Å². The van der Waals surface area contributed by atoms with Crippen LogP contribution in [-0.2, 0) is 7.05 Å². The summed E-state index contributed by atoms with van der Waals surface area (Å²) in [6.07, 6.45) is 4.30. The molecular formula is C10H18N4. The molecule has 1 fully saturated rings. The Bertz CT molecular complexity index is 340. The smallest absolute Gasteiger partial charge is 0.174 e. The number of nitrogens with zero attached hydrogens (tertiary/aromatic N) is 3. The molecule has 0 aliphatic carbocycles. The van der Waals surface area contributed by atoms with Gasteiger partial charge in [0.1, 0.15) is 0 Å². The van der Waals surface area contributed by atoms with Crippen LogP contribution in [0, 0.1) is 0 Å². The van der Waals surface area contributed by atoms with Crippen LogP contribution in [0.1, 0.15) is 26.7 Å². The van der Waals surface area contributed by atoms with E-state index < -0.39 is 0 Å². The Morgan fingerprint density at radius 2 is 2.21 bits per heavy atom. The van der Waals surface area contributed by atoms with Crippen molar-refractivity contribution in [2.24, 2.45) is 7.05 Å². The summed E-state index contributed by atoms with van der Waals surface area (Å²) in [6, 6.07) is 0. The van der Waals surface area contributed by atoms with Crippen molar-refractivity contribution in [3.8, 4) is 0 Å². The van der Waals surface area contributed by atoms with Gasteiger partial charge in [0.25, 0.3) is 0 Å². The van der Waals surface area contributed by atoms with Crippen LogP contribution in [0.3, 0.4) is 0 Å². The summed E-state index contributed by atoms with van der Waals surface area (Å²) in [4.78, 5) is 2.31. The van der Waals surface area contributed by atoms with Crippen molar-refractivity contribution in [3.63, 3.8) is 0 Å². The van der Waals surface area contributed by atoms with E-state index in [0.29, 0.717) is 0 Å². The zero-order valence-electron chi connectivity index (χ0n) is 9.12. The van der Waals surface area contributed by atoms with Gasteiger partial charge in [0.2, 0.25) is 0 Å². The van der Waals surface area contributed by atoms with Gasteiger partial charge in [-0.15, -0.1) is 0 Å².